The Balaban J connectivity index is 1.83. The number of anilines is 1. The first-order chi connectivity index (χ1) is 13.5. The first kappa shape index (κ1) is 19.9. The summed E-state index contributed by atoms with van der Waals surface area (Å²) >= 11 is 0.999. The standard InChI is InChI=1S/C20H20N2O5S/c1-2-3-11-27-15-9-5-4-8-14(15)22-17(23)12-16(19(22)24)28-18-13(20(25)26)7-6-10-21-18/h4-10,16H,2-3,11-12H2,1H3,(H,25,26)/t16-/m0/s1. The van der Waals surface area contributed by atoms with Gasteiger partial charge in [0.15, 0.2) is 0 Å². The van der Waals surface area contributed by atoms with Crippen LogP contribution in [-0.4, -0.2) is 39.7 Å². The molecule has 28 heavy (non-hydrogen) atoms. The number of thioether (sulfide) groups is 1. The monoisotopic (exact) mass is 400 g/mol. The largest absolute Gasteiger partial charge is 0.491 e. The molecule has 0 unspecified atom stereocenters. The first-order valence-corrected chi connectivity index (χ1v) is 9.84. The average molecular weight is 400 g/mol. The van der Waals surface area contributed by atoms with E-state index in [1.54, 1.807) is 24.3 Å². The van der Waals surface area contributed by atoms with Crippen LogP contribution in [0.25, 0.3) is 0 Å². The number of carbonyl (C=O) groups excluding carboxylic acids is 2. The SMILES string of the molecule is CCCCOc1ccccc1N1C(=O)C[C@H](Sc2ncccc2C(=O)O)C1=O. The Labute approximate surface area is 166 Å². The number of para-hydroxylation sites is 2. The van der Waals surface area contributed by atoms with Crippen molar-refractivity contribution >= 4 is 35.2 Å². The summed E-state index contributed by atoms with van der Waals surface area (Å²) < 4.78 is 5.75. The second kappa shape index (κ2) is 8.88. The molecule has 0 aliphatic carbocycles. The zero-order valence-electron chi connectivity index (χ0n) is 15.3. The van der Waals surface area contributed by atoms with E-state index in [-0.39, 0.29) is 22.9 Å². The van der Waals surface area contributed by atoms with Gasteiger partial charge in [-0.2, -0.15) is 0 Å². The number of amides is 2. The highest BCUT2D eigenvalue weighted by Crippen LogP contribution is 2.37. The Hall–Kier alpha value is -2.87. The predicted molar refractivity (Wildman–Crippen MR) is 105 cm³/mol. The van der Waals surface area contributed by atoms with Gasteiger partial charge in [0.25, 0.3) is 0 Å². The van der Waals surface area contributed by atoms with Gasteiger partial charge in [0.1, 0.15) is 10.8 Å². The molecule has 2 aromatic rings. The lowest BCUT2D eigenvalue weighted by atomic mass is 10.2. The molecule has 1 atom stereocenters. The zero-order chi connectivity index (χ0) is 20.1. The van der Waals surface area contributed by atoms with E-state index < -0.39 is 17.1 Å². The molecule has 2 amide bonds. The minimum atomic E-state index is -1.13. The number of unbranched alkanes of at least 4 members (excludes halogenated alkanes) is 1. The van der Waals surface area contributed by atoms with Gasteiger partial charge in [0.05, 0.1) is 23.1 Å². The Bertz CT molecular complexity index is 902. The number of imide groups is 1. The minimum absolute atomic E-state index is 0.00879. The molecule has 146 valence electrons. The average Bonchev–Trinajstić information content (AvgIpc) is 2.96. The molecule has 1 saturated heterocycles. The van der Waals surface area contributed by atoms with Gasteiger partial charge in [-0.3, -0.25) is 9.59 Å². The number of hydrogen-bond acceptors (Lipinski definition) is 6. The number of carbonyl (C=O) groups is 3. The van der Waals surface area contributed by atoms with Gasteiger partial charge in [-0.1, -0.05) is 37.2 Å². The molecule has 0 radical (unpaired) electrons. The number of hydrogen-bond donors (Lipinski definition) is 1. The second-order valence-electron chi connectivity index (χ2n) is 6.21. The van der Waals surface area contributed by atoms with Crippen LogP contribution >= 0.6 is 11.8 Å². The van der Waals surface area contributed by atoms with E-state index in [0.717, 1.165) is 29.5 Å². The molecule has 1 aromatic carbocycles. The van der Waals surface area contributed by atoms with Crippen molar-refractivity contribution in [2.24, 2.45) is 0 Å². The molecular weight excluding hydrogens is 380 g/mol. The van der Waals surface area contributed by atoms with Crippen molar-refractivity contribution in [3.8, 4) is 5.75 Å². The summed E-state index contributed by atoms with van der Waals surface area (Å²) in [4.78, 5) is 42.1. The highest BCUT2D eigenvalue weighted by atomic mass is 32.2. The maximum Gasteiger partial charge on any atom is 0.338 e. The van der Waals surface area contributed by atoms with Crippen LogP contribution in [0.4, 0.5) is 5.69 Å². The minimum Gasteiger partial charge on any atom is -0.491 e. The van der Waals surface area contributed by atoms with Crippen LogP contribution in [0.15, 0.2) is 47.6 Å². The van der Waals surface area contributed by atoms with Crippen LogP contribution in [0.2, 0.25) is 0 Å². The molecule has 3 rings (SSSR count). The van der Waals surface area contributed by atoms with Gasteiger partial charge in [-0.15, -0.1) is 0 Å². The molecule has 0 saturated carbocycles. The maximum atomic E-state index is 12.9. The summed E-state index contributed by atoms with van der Waals surface area (Å²) in [5.74, 6) is -1.39. The van der Waals surface area contributed by atoms with Crippen LogP contribution in [0.3, 0.4) is 0 Å². The van der Waals surface area contributed by atoms with Gasteiger partial charge < -0.3 is 9.84 Å². The summed E-state index contributed by atoms with van der Waals surface area (Å²) in [6.45, 7) is 2.55. The highest BCUT2D eigenvalue weighted by molar-refractivity contribution is 8.00. The summed E-state index contributed by atoms with van der Waals surface area (Å²) in [5.41, 5.74) is 0.422. The molecular formula is C20H20N2O5S. The van der Waals surface area contributed by atoms with E-state index in [0.29, 0.717) is 18.0 Å². The summed E-state index contributed by atoms with van der Waals surface area (Å²) in [7, 11) is 0. The third-order valence-electron chi connectivity index (χ3n) is 4.22. The topological polar surface area (TPSA) is 96.8 Å². The maximum absolute atomic E-state index is 12.9. The predicted octanol–water partition coefficient (Wildman–Crippen LogP) is 3.38. The Morgan fingerprint density at radius 1 is 1.29 bits per heavy atom. The molecule has 0 bridgehead atoms. The van der Waals surface area contributed by atoms with Crippen molar-refractivity contribution in [3.63, 3.8) is 0 Å². The fraction of sp³-hybridized carbons (Fsp3) is 0.300. The third kappa shape index (κ3) is 4.17. The van der Waals surface area contributed by atoms with Gasteiger partial charge in [-0.05, 0) is 30.7 Å². The Morgan fingerprint density at radius 2 is 2.07 bits per heavy atom. The zero-order valence-corrected chi connectivity index (χ0v) is 16.1. The van der Waals surface area contributed by atoms with Gasteiger partial charge in [-0.25, -0.2) is 14.7 Å². The number of ether oxygens (including phenoxy) is 1. The molecule has 0 spiro atoms. The molecule has 1 aliphatic rings. The molecule has 1 N–H and O–H groups in total. The molecule has 8 heteroatoms. The van der Waals surface area contributed by atoms with E-state index in [1.165, 1.54) is 18.3 Å². The lowest BCUT2D eigenvalue weighted by Crippen LogP contribution is -2.31. The fourth-order valence-electron chi connectivity index (χ4n) is 2.82. The number of benzene rings is 1. The van der Waals surface area contributed by atoms with Crippen LogP contribution in [0.5, 0.6) is 5.75 Å². The van der Waals surface area contributed by atoms with Crippen LogP contribution in [0, 0.1) is 0 Å². The van der Waals surface area contributed by atoms with E-state index >= 15 is 0 Å². The lowest BCUT2D eigenvalue weighted by molar-refractivity contribution is -0.121. The Morgan fingerprint density at radius 3 is 2.82 bits per heavy atom. The number of carboxylic acids is 1. The molecule has 2 heterocycles. The van der Waals surface area contributed by atoms with Crippen molar-refractivity contribution < 1.29 is 24.2 Å². The van der Waals surface area contributed by atoms with Crippen molar-refractivity contribution in [3.05, 3.63) is 48.2 Å². The molecule has 1 aliphatic heterocycles. The Kier molecular flexibility index (Phi) is 6.30. The normalized spacial score (nSPS) is 16.5. The summed E-state index contributed by atoms with van der Waals surface area (Å²) in [6, 6.07) is 9.87. The van der Waals surface area contributed by atoms with Crippen LogP contribution < -0.4 is 9.64 Å². The van der Waals surface area contributed by atoms with E-state index in [1.807, 2.05) is 6.92 Å². The van der Waals surface area contributed by atoms with Gasteiger partial charge in [0, 0.05) is 12.6 Å². The van der Waals surface area contributed by atoms with E-state index in [4.69, 9.17) is 4.74 Å². The quantitative estimate of drug-likeness (QED) is 0.536. The molecule has 7 nitrogen and oxygen atoms in total. The van der Waals surface area contributed by atoms with Gasteiger partial charge in [0.2, 0.25) is 11.8 Å². The number of pyridine rings is 1. The van der Waals surface area contributed by atoms with Crippen LogP contribution in [-0.2, 0) is 9.59 Å². The summed E-state index contributed by atoms with van der Waals surface area (Å²) in [6.07, 6.45) is 3.28. The summed E-state index contributed by atoms with van der Waals surface area (Å²) in [5, 5.41) is 8.78. The van der Waals surface area contributed by atoms with E-state index in [2.05, 4.69) is 4.98 Å². The highest BCUT2D eigenvalue weighted by Gasteiger charge is 2.42. The van der Waals surface area contributed by atoms with Crippen molar-refractivity contribution in [1.29, 1.82) is 0 Å². The van der Waals surface area contributed by atoms with Crippen molar-refractivity contribution in [1.82, 2.24) is 4.98 Å². The van der Waals surface area contributed by atoms with E-state index in [9.17, 15) is 19.5 Å². The van der Waals surface area contributed by atoms with Crippen molar-refractivity contribution in [2.75, 3.05) is 11.5 Å². The van der Waals surface area contributed by atoms with Crippen LogP contribution in [0.1, 0.15) is 36.5 Å². The first-order valence-electron chi connectivity index (χ1n) is 8.96. The number of rotatable bonds is 8. The number of aromatic nitrogens is 1. The smallest absolute Gasteiger partial charge is 0.338 e. The lowest BCUT2D eigenvalue weighted by Gasteiger charge is -2.19. The molecule has 1 fully saturated rings. The third-order valence-corrected chi connectivity index (χ3v) is 5.42. The molecule has 1 aromatic heterocycles. The number of carboxylic acid groups (broad SMARTS) is 1. The van der Waals surface area contributed by atoms with Crippen molar-refractivity contribution in [2.45, 2.75) is 36.5 Å². The second-order valence-corrected chi connectivity index (χ2v) is 7.40. The van der Waals surface area contributed by atoms with Gasteiger partial charge >= 0.3 is 5.97 Å². The number of nitrogens with zero attached hydrogens (tertiary/aromatic N) is 2. The fourth-order valence-corrected chi connectivity index (χ4v) is 3.93. The number of aromatic carboxylic acids is 1.